The van der Waals surface area contributed by atoms with E-state index in [9.17, 15) is 30.0 Å². The van der Waals surface area contributed by atoms with Crippen molar-refractivity contribution in [3.8, 4) is 0 Å². The lowest BCUT2D eigenvalue weighted by molar-refractivity contribution is -0.151. The molecule has 0 aliphatic heterocycles. The number of ether oxygens (including phenoxy) is 1. The van der Waals surface area contributed by atoms with Gasteiger partial charge in [-0.2, -0.15) is 0 Å². The maximum absolute atomic E-state index is 12.3. The zero-order chi connectivity index (χ0) is 25.9. The van der Waals surface area contributed by atoms with Crippen molar-refractivity contribution in [1.82, 2.24) is 0 Å². The van der Waals surface area contributed by atoms with Gasteiger partial charge < -0.3 is 30.3 Å². The molecule has 0 amide bonds. The fourth-order valence-electron chi connectivity index (χ4n) is 5.63. The zero-order valence-electron chi connectivity index (χ0n) is 20.9. The van der Waals surface area contributed by atoms with Crippen molar-refractivity contribution >= 4 is 11.9 Å². The molecule has 5 N–H and O–H groups in total. The van der Waals surface area contributed by atoms with Gasteiger partial charge in [0.1, 0.15) is 6.61 Å². The van der Waals surface area contributed by atoms with Crippen molar-refractivity contribution in [2.45, 2.75) is 102 Å². The number of hydrogen-bond acceptors (Lipinski definition) is 7. The van der Waals surface area contributed by atoms with Gasteiger partial charge in [0.05, 0.1) is 36.3 Å². The lowest BCUT2D eigenvalue weighted by Crippen LogP contribution is -2.42. The molecule has 2 aliphatic carbocycles. The highest BCUT2D eigenvalue weighted by Gasteiger charge is 2.52. The summed E-state index contributed by atoms with van der Waals surface area (Å²) in [6, 6.07) is 0. The van der Waals surface area contributed by atoms with Gasteiger partial charge in [-0.25, -0.2) is 0 Å². The number of rotatable bonds is 7. The van der Waals surface area contributed by atoms with E-state index in [-0.39, 0.29) is 18.4 Å². The van der Waals surface area contributed by atoms with Gasteiger partial charge in [-0.05, 0) is 82.3 Å². The third kappa shape index (κ3) is 7.38. The first-order chi connectivity index (χ1) is 15.5. The second kappa shape index (κ2) is 10.9. The standard InChI is InChI=1S/C26H42O8/c1-16-6-8-19-18(24(2,3)32)10-11-26(19,5)21(28)12-17(7-9-20(16)27)15-34-23(31)14-25(4,33)13-22(29)30/h12,18-21,27-28,32-33H,1,6-11,13-15H2,2-5H3,(H,29,30)/b17-12+/t18-,19+,20+,21+,25?,26+/m1/s1. The Morgan fingerprint density at radius 1 is 1.12 bits per heavy atom. The van der Waals surface area contributed by atoms with E-state index in [4.69, 9.17) is 9.84 Å². The number of hydrogen-bond donors (Lipinski definition) is 5. The average Bonchev–Trinajstić information content (AvgIpc) is 3.03. The van der Waals surface area contributed by atoms with Crippen LogP contribution < -0.4 is 0 Å². The Morgan fingerprint density at radius 3 is 2.35 bits per heavy atom. The number of aliphatic hydroxyl groups is 4. The van der Waals surface area contributed by atoms with Crippen LogP contribution in [-0.4, -0.2) is 67.5 Å². The lowest BCUT2D eigenvalue weighted by atomic mass is 9.67. The van der Waals surface area contributed by atoms with Gasteiger partial charge in [-0.1, -0.05) is 19.6 Å². The van der Waals surface area contributed by atoms with E-state index in [0.29, 0.717) is 36.8 Å². The van der Waals surface area contributed by atoms with E-state index in [1.54, 1.807) is 19.9 Å². The molecule has 0 aromatic rings. The molecule has 0 saturated heterocycles. The molecule has 2 aliphatic rings. The van der Waals surface area contributed by atoms with E-state index in [0.717, 1.165) is 12.8 Å². The minimum Gasteiger partial charge on any atom is -0.481 e. The summed E-state index contributed by atoms with van der Waals surface area (Å²) in [5.74, 6) is -1.96. The van der Waals surface area contributed by atoms with E-state index in [1.165, 1.54) is 6.92 Å². The van der Waals surface area contributed by atoms with Crippen molar-refractivity contribution in [2.75, 3.05) is 6.61 Å². The van der Waals surface area contributed by atoms with Crippen LogP contribution >= 0.6 is 0 Å². The third-order valence-corrected chi connectivity index (χ3v) is 7.77. The highest BCUT2D eigenvalue weighted by Crippen LogP contribution is 2.55. The van der Waals surface area contributed by atoms with Gasteiger partial charge in [0.15, 0.2) is 0 Å². The molecule has 8 nitrogen and oxygen atoms in total. The predicted octanol–water partition coefficient (Wildman–Crippen LogP) is 2.73. The van der Waals surface area contributed by atoms with E-state index < -0.39 is 53.6 Å². The number of carboxylic acids is 1. The molecule has 2 rings (SSSR count). The monoisotopic (exact) mass is 482 g/mol. The number of carboxylic acid groups (broad SMARTS) is 1. The summed E-state index contributed by atoms with van der Waals surface area (Å²) in [5.41, 5.74) is -1.78. The summed E-state index contributed by atoms with van der Waals surface area (Å²) >= 11 is 0. The number of esters is 1. The maximum atomic E-state index is 12.3. The minimum absolute atomic E-state index is 0.00992. The smallest absolute Gasteiger partial charge is 0.309 e. The number of carbonyl (C=O) groups excluding carboxylic acids is 1. The fraction of sp³-hybridized carbons (Fsp3) is 0.769. The van der Waals surface area contributed by atoms with Crippen LogP contribution in [0.15, 0.2) is 23.8 Å². The second-order valence-corrected chi connectivity index (χ2v) is 11.3. The molecule has 0 aromatic carbocycles. The SMILES string of the molecule is C=C1CC[C@H]2[C@H](C(C)(C)O)CC[C@]2(C)[C@@H](O)/C=C(/COC(=O)CC(C)(O)CC(=O)O)CC[C@@H]1O. The highest BCUT2D eigenvalue weighted by atomic mass is 16.5. The van der Waals surface area contributed by atoms with E-state index in [2.05, 4.69) is 6.58 Å². The predicted molar refractivity (Wildman–Crippen MR) is 127 cm³/mol. The minimum atomic E-state index is -1.73. The number of aliphatic hydroxyl groups excluding tert-OH is 2. The summed E-state index contributed by atoms with van der Waals surface area (Å²) in [6.45, 7) is 10.8. The average molecular weight is 483 g/mol. The molecule has 0 radical (unpaired) electrons. The molecular weight excluding hydrogens is 440 g/mol. The molecule has 6 atom stereocenters. The summed E-state index contributed by atoms with van der Waals surface area (Å²) in [6.07, 6.45) is 2.62. The molecule has 34 heavy (non-hydrogen) atoms. The van der Waals surface area contributed by atoms with Gasteiger partial charge in [0.25, 0.3) is 0 Å². The summed E-state index contributed by atoms with van der Waals surface area (Å²) in [5, 5.41) is 51.6. The first-order valence-corrected chi connectivity index (χ1v) is 12.1. The van der Waals surface area contributed by atoms with Crippen molar-refractivity contribution in [2.24, 2.45) is 17.3 Å². The molecule has 1 saturated carbocycles. The van der Waals surface area contributed by atoms with E-state index in [1.807, 2.05) is 6.92 Å². The lowest BCUT2D eigenvalue weighted by Gasteiger charge is -2.41. The quantitative estimate of drug-likeness (QED) is 0.275. The van der Waals surface area contributed by atoms with Crippen LogP contribution in [0.3, 0.4) is 0 Å². The van der Waals surface area contributed by atoms with Crippen molar-refractivity contribution in [1.29, 1.82) is 0 Å². The van der Waals surface area contributed by atoms with Crippen LogP contribution in [0.5, 0.6) is 0 Å². The number of carbonyl (C=O) groups is 2. The van der Waals surface area contributed by atoms with Crippen molar-refractivity contribution < 1.29 is 39.9 Å². The van der Waals surface area contributed by atoms with Crippen LogP contribution in [0, 0.1) is 17.3 Å². The van der Waals surface area contributed by atoms with Crippen LogP contribution in [0.25, 0.3) is 0 Å². The molecule has 0 bridgehead atoms. The third-order valence-electron chi connectivity index (χ3n) is 7.77. The Labute approximate surface area is 202 Å². The van der Waals surface area contributed by atoms with Crippen molar-refractivity contribution in [3.63, 3.8) is 0 Å². The summed E-state index contributed by atoms with van der Waals surface area (Å²) < 4.78 is 5.31. The Kier molecular flexibility index (Phi) is 9.13. The van der Waals surface area contributed by atoms with Gasteiger partial charge in [-0.15, -0.1) is 0 Å². The summed E-state index contributed by atoms with van der Waals surface area (Å²) in [4.78, 5) is 23.1. The molecular formula is C26H42O8. The van der Waals surface area contributed by atoms with Crippen LogP contribution in [0.4, 0.5) is 0 Å². The molecule has 194 valence electrons. The van der Waals surface area contributed by atoms with Gasteiger partial charge >= 0.3 is 11.9 Å². The van der Waals surface area contributed by atoms with Gasteiger partial charge in [0.2, 0.25) is 0 Å². The number of fused-ring (bicyclic) bond motifs is 1. The van der Waals surface area contributed by atoms with Crippen LogP contribution in [0.1, 0.15) is 79.1 Å². The normalized spacial score (nSPS) is 34.2. The maximum Gasteiger partial charge on any atom is 0.309 e. The first-order valence-electron chi connectivity index (χ1n) is 12.1. The van der Waals surface area contributed by atoms with E-state index >= 15 is 0 Å². The first kappa shape index (κ1) is 28.5. The Morgan fingerprint density at radius 2 is 1.76 bits per heavy atom. The Balaban J connectivity index is 2.23. The highest BCUT2D eigenvalue weighted by molar-refractivity contribution is 5.73. The molecule has 1 fully saturated rings. The summed E-state index contributed by atoms with van der Waals surface area (Å²) in [7, 11) is 0. The second-order valence-electron chi connectivity index (χ2n) is 11.3. The van der Waals surface area contributed by atoms with Crippen LogP contribution in [0.2, 0.25) is 0 Å². The van der Waals surface area contributed by atoms with Crippen molar-refractivity contribution in [3.05, 3.63) is 23.8 Å². The molecule has 0 heterocycles. The molecule has 0 spiro atoms. The fourth-order valence-corrected chi connectivity index (χ4v) is 5.63. The molecule has 0 aromatic heterocycles. The largest absolute Gasteiger partial charge is 0.481 e. The molecule has 1 unspecified atom stereocenters. The van der Waals surface area contributed by atoms with Crippen LogP contribution in [-0.2, 0) is 14.3 Å². The van der Waals surface area contributed by atoms with Gasteiger partial charge in [-0.3, -0.25) is 9.59 Å². The number of aliphatic carboxylic acids is 1. The Bertz CT molecular complexity index is 793. The molecule has 8 heteroatoms. The Hall–Kier alpha value is -1.74. The van der Waals surface area contributed by atoms with Gasteiger partial charge in [0, 0.05) is 5.41 Å². The zero-order valence-corrected chi connectivity index (χ0v) is 20.9. The topological polar surface area (TPSA) is 145 Å².